The quantitative estimate of drug-likeness (QED) is 0.709. The monoisotopic (exact) mass is 172 g/mol. The van der Waals surface area contributed by atoms with E-state index in [1.807, 2.05) is 30.4 Å². The van der Waals surface area contributed by atoms with Crippen molar-refractivity contribution >= 4 is 5.70 Å². The Morgan fingerprint density at radius 3 is 2.85 bits per heavy atom. The first-order valence-electron chi connectivity index (χ1n) is 4.01. The van der Waals surface area contributed by atoms with Crippen LogP contribution in [0.15, 0.2) is 55.3 Å². The molecule has 0 aliphatic carbocycles. The average molecular weight is 172 g/mol. The number of nitrogens with two attached hydrogens (primary N) is 1. The molecule has 0 aliphatic rings. The molecule has 66 valence electrons. The third-order valence-electron chi connectivity index (χ3n) is 1.48. The van der Waals surface area contributed by atoms with Gasteiger partial charge in [0.25, 0.3) is 0 Å². The lowest BCUT2D eigenvalue weighted by molar-refractivity contribution is 1.26. The van der Waals surface area contributed by atoms with Crippen LogP contribution in [-0.2, 0) is 0 Å². The van der Waals surface area contributed by atoms with Crippen molar-refractivity contribution in [3.8, 4) is 0 Å². The van der Waals surface area contributed by atoms with Gasteiger partial charge in [-0.25, -0.2) is 0 Å². The summed E-state index contributed by atoms with van der Waals surface area (Å²) < 4.78 is 0. The summed E-state index contributed by atoms with van der Waals surface area (Å²) in [7, 11) is 0. The predicted octanol–water partition coefficient (Wildman–Crippen LogP) is 2.12. The van der Waals surface area contributed by atoms with E-state index in [1.165, 1.54) is 0 Å². The zero-order valence-corrected chi connectivity index (χ0v) is 7.35. The Morgan fingerprint density at radius 1 is 1.38 bits per heavy atom. The smallest absolute Gasteiger partial charge is 0.0858 e. The molecule has 1 heterocycles. The van der Waals surface area contributed by atoms with Crippen molar-refractivity contribution in [2.75, 3.05) is 0 Å². The SMILES string of the molecule is C=C/C=C/C=C(/N)c1ccccn1. The van der Waals surface area contributed by atoms with E-state index in [-0.39, 0.29) is 0 Å². The molecule has 0 saturated carbocycles. The third-order valence-corrected chi connectivity index (χ3v) is 1.48. The van der Waals surface area contributed by atoms with E-state index < -0.39 is 0 Å². The maximum atomic E-state index is 5.75. The molecule has 1 aromatic rings. The summed E-state index contributed by atoms with van der Waals surface area (Å²) in [4.78, 5) is 4.10. The van der Waals surface area contributed by atoms with Gasteiger partial charge in [0.2, 0.25) is 0 Å². The molecule has 1 aromatic heterocycles. The molecule has 0 aliphatic heterocycles. The summed E-state index contributed by atoms with van der Waals surface area (Å²) in [5.74, 6) is 0. The molecule has 1 rings (SSSR count). The van der Waals surface area contributed by atoms with Crippen LogP contribution in [0.25, 0.3) is 5.70 Å². The second-order valence-corrected chi connectivity index (χ2v) is 2.46. The molecule has 2 nitrogen and oxygen atoms in total. The molecule has 0 fully saturated rings. The van der Waals surface area contributed by atoms with Crippen LogP contribution < -0.4 is 5.73 Å². The van der Waals surface area contributed by atoms with Gasteiger partial charge in [0.1, 0.15) is 0 Å². The average Bonchev–Trinajstić information content (AvgIpc) is 2.19. The highest BCUT2D eigenvalue weighted by Crippen LogP contribution is 2.03. The minimum atomic E-state index is 0.652. The van der Waals surface area contributed by atoms with Gasteiger partial charge >= 0.3 is 0 Å². The molecule has 0 atom stereocenters. The van der Waals surface area contributed by atoms with Gasteiger partial charge < -0.3 is 5.73 Å². The summed E-state index contributed by atoms with van der Waals surface area (Å²) >= 11 is 0. The molecule has 0 saturated heterocycles. The Balaban J connectivity index is 2.79. The van der Waals surface area contributed by atoms with Crippen molar-refractivity contribution in [2.24, 2.45) is 5.73 Å². The zero-order chi connectivity index (χ0) is 9.52. The molecule has 2 heteroatoms. The summed E-state index contributed by atoms with van der Waals surface area (Å²) in [6, 6.07) is 5.63. The van der Waals surface area contributed by atoms with Crippen LogP contribution in [0.5, 0.6) is 0 Å². The standard InChI is InChI=1S/C11H12N2/c1-2-3-4-7-10(12)11-8-5-6-9-13-11/h2-9H,1,12H2/b4-3+,10-7+. The van der Waals surface area contributed by atoms with Gasteiger partial charge in [-0.3, -0.25) is 4.98 Å². The highest BCUT2D eigenvalue weighted by Gasteiger charge is 1.92. The molecule has 0 radical (unpaired) electrons. The Hall–Kier alpha value is -1.83. The fraction of sp³-hybridized carbons (Fsp3) is 0. The van der Waals surface area contributed by atoms with Crippen LogP contribution in [0, 0.1) is 0 Å². The fourth-order valence-electron chi connectivity index (χ4n) is 0.857. The molecular formula is C11H12N2. The second-order valence-electron chi connectivity index (χ2n) is 2.46. The van der Waals surface area contributed by atoms with Crippen molar-refractivity contribution in [2.45, 2.75) is 0 Å². The number of pyridine rings is 1. The maximum absolute atomic E-state index is 5.75. The Labute approximate surface area is 78.1 Å². The van der Waals surface area contributed by atoms with E-state index in [2.05, 4.69) is 11.6 Å². The number of aromatic nitrogens is 1. The Bertz CT molecular complexity index is 323. The van der Waals surface area contributed by atoms with E-state index in [0.29, 0.717) is 5.70 Å². The first-order chi connectivity index (χ1) is 6.34. The molecule has 0 bridgehead atoms. The van der Waals surface area contributed by atoms with E-state index >= 15 is 0 Å². The molecular weight excluding hydrogens is 160 g/mol. The van der Waals surface area contributed by atoms with E-state index in [1.54, 1.807) is 18.3 Å². The topological polar surface area (TPSA) is 38.9 Å². The normalized spacial score (nSPS) is 11.8. The van der Waals surface area contributed by atoms with Gasteiger partial charge in [0, 0.05) is 6.20 Å². The highest BCUT2D eigenvalue weighted by molar-refractivity contribution is 5.60. The van der Waals surface area contributed by atoms with E-state index in [4.69, 9.17) is 5.73 Å². The van der Waals surface area contributed by atoms with Crippen molar-refractivity contribution in [1.82, 2.24) is 4.98 Å². The van der Waals surface area contributed by atoms with Gasteiger partial charge in [-0.2, -0.15) is 0 Å². The minimum absolute atomic E-state index is 0.652. The van der Waals surface area contributed by atoms with Gasteiger partial charge in [0.05, 0.1) is 11.4 Å². The van der Waals surface area contributed by atoms with Crippen molar-refractivity contribution in [1.29, 1.82) is 0 Å². The Morgan fingerprint density at radius 2 is 2.23 bits per heavy atom. The first-order valence-corrected chi connectivity index (χ1v) is 4.01. The summed E-state index contributed by atoms with van der Waals surface area (Å²) in [6.45, 7) is 3.56. The predicted molar refractivity (Wildman–Crippen MR) is 55.7 cm³/mol. The van der Waals surface area contributed by atoms with Gasteiger partial charge in [-0.1, -0.05) is 30.9 Å². The molecule has 0 unspecified atom stereocenters. The first kappa shape index (κ1) is 9.26. The van der Waals surface area contributed by atoms with Crippen LogP contribution in [0.4, 0.5) is 0 Å². The number of hydrogen-bond acceptors (Lipinski definition) is 2. The lowest BCUT2D eigenvalue weighted by Gasteiger charge is -1.96. The van der Waals surface area contributed by atoms with E-state index in [0.717, 1.165) is 5.69 Å². The minimum Gasteiger partial charge on any atom is -0.397 e. The summed E-state index contributed by atoms with van der Waals surface area (Å²) in [5.41, 5.74) is 7.19. The van der Waals surface area contributed by atoms with E-state index in [9.17, 15) is 0 Å². The lowest BCUT2D eigenvalue weighted by Crippen LogP contribution is -1.97. The molecule has 2 N–H and O–H groups in total. The zero-order valence-electron chi connectivity index (χ0n) is 7.35. The van der Waals surface area contributed by atoms with Crippen LogP contribution in [-0.4, -0.2) is 4.98 Å². The molecule has 13 heavy (non-hydrogen) atoms. The molecule has 0 amide bonds. The second kappa shape index (κ2) is 4.93. The maximum Gasteiger partial charge on any atom is 0.0858 e. The van der Waals surface area contributed by atoms with Crippen LogP contribution in [0.1, 0.15) is 5.69 Å². The van der Waals surface area contributed by atoms with Gasteiger partial charge in [0.15, 0.2) is 0 Å². The largest absolute Gasteiger partial charge is 0.397 e. The number of rotatable bonds is 3. The van der Waals surface area contributed by atoms with Crippen molar-refractivity contribution < 1.29 is 0 Å². The number of allylic oxidation sites excluding steroid dienone is 4. The molecule has 0 spiro atoms. The Kier molecular flexibility index (Phi) is 3.51. The van der Waals surface area contributed by atoms with Crippen LogP contribution in [0.2, 0.25) is 0 Å². The van der Waals surface area contributed by atoms with Crippen LogP contribution in [0.3, 0.4) is 0 Å². The van der Waals surface area contributed by atoms with Crippen molar-refractivity contribution in [3.05, 3.63) is 61.0 Å². The highest BCUT2D eigenvalue weighted by atomic mass is 14.7. The molecule has 0 aromatic carbocycles. The van der Waals surface area contributed by atoms with Crippen LogP contribution >= 0.6 is 0 Å². The van der Waals surface area contributed by atoms with Gasteiger partial charge in [-0.05, 0) is 18.2 Å². The third kappa shape index (κ3) is 2.95. The summed E-state index contributed by atoms with van der Waals surface area (Å²) in [5, 5.41) is 0. The summed E-state index contributed by atoms with van der Waals surface area (Å²) in [6.07, 6.45) is 8.85. The number of nitrogens with zero attached hydrogens (tertiary/aromatic N) is 1. The van der Waals surface area contributed by atoms with Gasteiger partial charge in [-0.15, -0.1) is 0 Å². The number of hydrogen-bond donors (Lipinski definition) is 1. The fourth-order valence-corrected chi connectivity index (χ4v) is 0.857. The lowest BCUT2D eigenvalue weighted by atomic mass is 10.2. The van der Waals surface area contributed by atoms with Crippen molar-refractivity contribution in [3.63, 3.8) is 0 Å².